The molecular weight excluding hydrogens is 222 g/mol. The molecule has 0 radical (unpaired) electrons. The van der Waals surface area contributed by atoms with Crippen molar-refractivity contribution in [2.24, 2.45) is 0 Å². The Kier molecular flexibility index (Phi) is 4.02. The molecule has 0 fully saturated rings. The normalized spacial score (nSPS) is 14.7. The van der Waals surface area contributed by atoms with Crippen LogP contribution in [-0.4, -0.2) is 41.8 Å². The number of nitrogens with one attached hydrogen (secondary N) is 1. The molecule has 0 spiro atoms. The molecule has 1 aromatic carbocycles. The van der Waals surface area contributed by atoms with Gasteiger partial charge in [-0.2, -0.15) is 0 Å². The van der Waals surface area contributed by atoms with Gasteiger partial charge in [-0.1, -0.05) is 24.3 Å². The number of hydrogen-bond acceptors (Lipinski definition) is 2. The van der Waals surface area contributed by atoms with Gasteiger partial charge in [0.1, 0.15) is 5.84 Å². The molecule has 98 valence electrons. The van der Waals surface area contributed by atoms with Crippen LogP contribution in [-0.2, 0) is 6.54 Å². The molecule has 0 atom stereocenters. The zero-order valence-corrected chi connectivity index (χ0v) is 11.6. The quantitative estimate of drug-likeness (QED) is 0.864. The molecule has 1 heterocycles. The van der Waals surface area contributed by atoms with Crippen LogP contribution in [0.4, 0.5) is 0 Å². The van der Waals surface area contributed by atoms with Gasteiger partial charge >= 0.3 is 0 Å². The largest absolute Gasteiger partial charge is 0.352 e. The predicted octanol–water partition coefficient (Wildman–Crippen LogP) is 2.56. The van der Waals surface area contributed by atoms with Gasteiger partial charge in [0.25, 0.3) is 0 Å². The van der Waals surface area contributed by atoms with E-state index in [2.05, 4.69) is 48.9 Å². The minimum atomic E-state index is 0.597. The molecule has 0 saturated carbocycles. The summed E-state index contributed by atoms with van der Waals surface area (Å²) < 4.78 is 0. The van der Waals surface area contributed by atoms with Gasteiger partial charge < -0.3 is 9.80 Å². The molecule has 0 unspecified atom stereocenters. The molecule has 3 heteroatoms. The van der Waals surface area contributed by atoms with Gasteiger partial charge in [-0.05, 0) is 39.4 Å². The van der Waals surface area contributed by atoms with Crippen LogP contribution in [0.25, 0.3) is 0 Å². The molecule has 1 aromatic rings. The van der Waals surface area contributed by atoms with Crippen molar-refractivity contribution in [2.45, 2.75) is 32.9 Å². The maximum Gasteiger partial charge on any atom is 0.128 e. The Balaban J connectivity index is 1.85. The molecule has 0 aromatic heterocycles. The Morgan fingerprint density at radius 1 is 1.33 bits per heavy atom. The van der Waals surface area contributed by atoms with Crippen molar-refractivity contribution in [3.8, 4) is 0 Å². The summed E-state index contributed by atoms with van der Waals surface area (Å²) in [5.41, 5.74) is 2.40. The van der Waals surface area contributed by atoms with E-state index in [-0.39, 0.29) is 0 Å². The summed E-state index contributed by atoms with van der Waals surface area (Å²) in [6.45, 7) is 7.41. The standard InChI is InChI=1S/C15H23N3/c1-12(2)17(3)9-6-10-18-11-13-7-4-5-8-14(13)15(18)16/h4-5,7-8,12,16H,6,9-11H2,1-3H3. The molecule has 2 rings (SSSR count). The lowest BCUT2D eigenvalue weighted by atomic mass is 10.1. The number of fused-ring (bicyclic) bond motifs is 1. The molecule has 18 heavy (non-hydrogen) atoms. The fourth-order valence-electron chi connectivity index (χ4n) is 2.30. The Bertz CT molecular complexity index is 426. The second-order valence-corrected chi connectivity index (χ2v) is 5.36. The van der Waals surface area contributed by atoms with E-state index in [1.54, 1.807) is 0 Å². The number of rotatable bonds is 5. The van der Waals surface area contributed by atoms with Crippen LogP contribution in [0.1, 0.15) is 31.4 Å². The van der Waals surface area contributed by atoms with Gasteiger partial charge in [-0.3, -0.25) is 5.41 Å². The third-order valence-electron chi connectivity index (χ3n) is 3.77. The second kappa shape index (κ2) is 5.53. The Labute approximate surface area is 110 Å². The first-order chi connectivity index (χ1) is 8.59. The van der Waals surface area contributed by atoms with Crippen molar-refractivity contribution in [1.82, 2.24) is 9.80 Å². The smallest absolute Gasteiger partial charge is 0.128 e. The molecule has 0 saturated heterocycles. The third-order valence-corrected chi connectivity index (χ3v) is 3.77. The molecular formula is C15H23N3. The van der Waals surface area contributed by atoms with E-state index in [0.717, 1.165) is 31.6 Å². The van der Waals surface area contributed by atoms with Gasteiger partial charge in [-0.15, -0.1) is 0 Å². The lowest BCUT2D eigenvalue weighted by Gasteiger charge is -2.23. The number of benzene rings is 1. The van der Waals surface area contributed by atoms with Crippen molar-refractivity contribution in [3.05, 3.63) is 35.4 Å². The highest BCUT2D eigenvalue weighted by atomic mass is 15.2. The van der Waals surface area contributed by atoms with E-state index in [1.807, 2.05) is 6.07 Å². The van der Waals surface area contributed by atoms with Crippen LogP contribution in [0.2, 0.25) is 0 Å². The fourth-order valence-corrected chi connectivity index (χ4v) is 2.30. The minimum Gasteiger partial charge on any atom is -0.352 e. The van der Waals surface area contributed by atoms with E-state index in [9.17, 15) is 0 Å². The Morgan fingerprint density at radius 3 is 2.72 bits per heavy atom. The summed E-state index contributed by atoms with van der Waals surface area (Å²) in [6.07, 6.45) is 1.12. The summed E-state index contributed by atoms with van der Waals surface area (Å²) in [7, 11) is 2.16. The van der Waals surface area contributed by atoms with E-state index >= 15 is 0 Å². The molecule has 1 aliphatic rings. The highest BCUT2D eigenvalue weighted by Gasteiger charge is 2.22. The van der Waals surface area contributed by atoms with Crippen molar-refractivity contribution in [1.29, 1.82) is 5.41 Å². The Hall–Kier alpha value is -1.35. The van der Waals surface area contributed by atoms with Crippen LogP contribution < -0.4 is 0 Å². The summed E-state index contributed by atoms with van der Waals surface area (Å²) >= 11 is 0. The SMILES string of the molecule is CC(C)N(C)CCCN1Cc2ccccc2C1=N. The van der Waals surface area contributed by atoms with E-state index in [1.165, 1.54) is 5.56 Å². The number of nitrogens with zero attached hydrogens (tertiary/aromatic N) is 2. The average Bonchev–Trinajstić information content (AvgIpc) is 2.67. The first kappa shape index (κ1) is 13.1. The van der Waals surface area contributed by atoms with Crippen molar-refractivity contribution < 1.29 is 0 Å². The lowest BCUT2D eigenvalue weighted by molar-refractivity contribution is 0.258. The molecule has 1 aliphatic heterocycles. The van der Waals surface area contributed by atoms with E-state index in [4.69, 9.17) is 5.41 Å². The second-order valence-electron chi connectivity index (χ2n) is 5.36. The highest BCUT2D eigenvalue weighted by molar-refractivity contribution is 6.00. The number of hydrogen-bond donors (Lipinski definition) is 1. The van der Waals surface area contributed by atoms with Crippen LogP contribution in [0, 0.1) is 5.41 Å². The molecule has 1 N–H and O–H groups in total. The first-order valence-corrected chi connectivity index (χ1v) is 6.71. The number of amidine groups is 1. The maximum absolute atomic E-state index is 8.17. The summed E-state index contributed by atoms with van der Waals surface area (Å²) in [5.74, 6) is 0.692. The average molecular weight is 245 g/mol. The predicted molar refractivity (Wildman–Crippen MR) is 76.1 cm³/mol. The van der Waals surface area contributed by atoms with E-state index < -0.39 is 0 Å². The van der Waals surface area contributed by atoms with Gasteiger partial charge in [-0.25, -0.2) is 0 Å². The fraction of sp³-hybridized carbons (Fsp3) is 0.533. The van der Waals surface area contributed by atoms with Crippen LogP contribution >= 0.6 is 0 Å². The molecule has 0 bridgehead atoms. The lowest BCUT2D eigenvalue weighted by Crippen LogP contribution is -2.31. The Morgan fingerprint density at radius 2 is 2.06 bits per heavy atom. The van der Waals surface area contributed by atoms with Crippen LogP contribution in [0.15, 0.2) is 24.3 Å². The van der Waals surface area contributed by atoms with E-state index in [0.29, 0.717) is 11.9 Å². The van der Waals surface area contributed by atoms with Gasteiger partial charge in [0.05, 0.1) is 0 Å². The van der Waals surface area contributed by atoms with Gasteiger partial charge in [0.2, 0.25) is 0 Å². The molecule has 3 nitrogen and oxygen atoms in total. The molecule has 0 aliphatic carbocycles. The third kappa shape index (κ3) is 2.72. The summed E-state index contributed by atoms with van der Waals surface area (Å²) in [5, 5.41) is 8.17. The van der Waals surface area contributed by atoms with Crippen molar-refractivity contribution >= 4 is 5.84 Å². The molecule has 0 amide bonds. The topological polar surface area (TPSA) is 30.3 Å². The zero-order valence-electron chi connectivity index (χ0n) is 11.6. The zero-order chi connectivity index (χ0) is 13.1. The van der Waals surface area contributed by atoms with Crippen molar-refractivity contribution in [3.63, 3.8) is 0 Å². The van der Waals surface area contributed by atoms with Gasteiger partial charge in [0, 0.05) is 24.7 Å². The van der Waals surface area contributed by atoms with Crippen LogP contribution in [0.5, 0.6) is 0 Å². The maximum atomic E-state index is 8.17. The first-order valence-electron chi connectivity index (χ1n) is 6.71. The summed E-state index contributed by atoms with van der Waals surface area (Å²) in [4.78, 5) is 4.53. The summed E-state index contributed by atoms with van der Waals surface area (Å²) in [6, 6.07) is 8.85. The monoisotopic (exact) mass is 245 g/mol. The minimum absolute atomic E-state index is 0.597. The van der Waals surface area contributed by atoms with Gasteiger partial charge in [0.15, 0.2) is 0 Å². The van der Waals surface area contributed by atoms with Crippen LogP contribution in [0.3, 0.4) is 0 Å². The highest BCUT2D eigenvalue weighted by Crippen LogP contribution is 2.22. The van der Waals surface area contributed by atoms with Crippen molar-refractivity contribution in [2.75, 3.05) is 20.1 Å².